The van der Waals surface area contributed by atoms with Crippen molar-refractivity contribution in [3.63, 3.8) is 0 Å². The molecule has 1 saturated heterocycles. The Morgan fingerprint density at radius 3 is 2.17 bits per heavy atom. The van der Waals surface area contributed by atoms with Crippen LogP contribution in [0.4, 0.5) is 5.69 Å². The molecule has 2 aliphatic carbocycles. The molecular formula is C26H36N4O5S. The summed E-state index contributed by atoms with van der Waals surface area (Å²) < 4.78 is 41.0. The lowest BCUT2D eigenvalue weighted by Gasteiger charge is -2.37. The quantitative estimate of drug-likeness (QED) is 0.559. The minimum atomic E-state index is -3.28. The fraction of sp³-hybridized carbons (Fsp3) is 0.615. The molecule has 2 heterocycles. The summed E-state index contributed by atoms with van der Waals surface area (Å²) in [7, 11) is -1.54. The van der Waals surface area contributed by atoms with Crippen LogP contribution in [0.25, 0.3) is 5.69 Å². The molecule has 3 fully saturated rings. The molecule has 2 saturated carbocycles. The van der Waals surface area contributed by atoms with Crippen molar-refractivity contribution in [2.45, 2.75) is 68.8 Å². The van der Waals surface area contributed by atoms with Crippen LogP contribution in [0, 0.1) is 0 Å². The van der Waals surface area contributed by atoms with Gasteiger partial charge in [0.1, 0.15) is 5.69 Å². The molecular weight excluding hydrogens is 480 g/mol. The molecule has 0 bridgehead atoms. The van der Waals surface area contributed by atoms with Gasteiger partial charge >= 0.3 is 5.56 Å². The first-order valence-electron chi connectivity index (χ1n) is 13.1. The van der Waals surface area contributed by atoms with Gasteiger partial charge in [0.05, 0.1) is 29.3 Å². The molecule has 1 aromatic heterocycles. The summed E-state index contributed by atoms with van der Waals surface area (Å²) in [6, 6.07) is 9.32. The number of nitrogens with zero attached hydrogens (tertiary/aromatic N) is 4. The van der Waals surface area contributed by atoms with Crippen molar-refractivity contribution in [2.75, 3.05) is 38.2 Å². The number of aromatic nitrogens is 2. The summed E-state index contributed by atoms with van der Waals surface area (Å²) in [5.41, 5.74) is 1.02. The Bertz CT molecular complexity index is 1180. The number of ether oxygens (including phenoxy) is 2. The van der Waals surface area contributed by atoms with Crippen LogP contribution < -0.4 is 15.2 Å². The number of anilines is 1. The van der Waals surface area contributed by atoms with E-state index in [1.807, 2.05) is 35.2 Å². The molecule has 0 unspecified atom stereocenters. The maximum absolute atomic E-state index is 13.6. The van der Waals surface area contributed by atoms with Crippen LogP contribution in [0.2, 0.25) is 0 Å². The van der Waals surface area contributed by atoms with Gasteiger partial charge in [0.25, 0.3) is 0 Å². The van der Waals surface area contributed by atoms with Crippen LogP contribution in [0.5, 0.6) is 5.75 Å². The fourth-order valence-corrected chi connectivity index (χ4v) is 7.67. The summed E-state index contributed by atoms with van der Waals surface area (Å²) in [5, 5.41) is 4.22. The third-order valence-electron chi connectivity index (χ3n) is 7.82. The lowest BCUT2D eigenvalue weighted by atomic mass is 9.95. The van der Waals surface area contributed by atoms with Crippen molar-refractivity contribution in [3.05, 3.63) is 46.9 Å². The highest BCUT2D eigenvalue weighted by molar-refractivity contribution is 7.89. The van der Waals surface area contributed by atoms with Gasteiger partial charge in [0.15, 0.2) is 0 Å². The number of rotatable bonds is 7. The third-order valence-corrected chi connectivity index (χ3v) is 10.2. The highest BCUT2D eigenvalue weighted by atomic mass is 32.2. The second-order valence-electron chi connectivity index (χ2n) is 10.0. The molecule has 36 heavy (non-hydrogen) atoms. The normalized spacial score (nSPS) is 24.2. The lowest BCUT2D eigenvalue weighted by Crippen LogP contribution is -2.51. The Balaban J connectivity index is 1.39. The van der Waals surface area contributed by atoms with Crippen molar-refractivity contribution < 1.29 is 17.9 Å². The first-order chi connectivity index (χ1) is 17.5. The number of benzene rings is 1. The van der Waals surface area contributed by atoms with Crippen LogP contribution in [-0.2, 0) is 14.8 Å². The van der Waals surface area contributed by atoms with E-state index in [4.69, 9.17) is 9.47 Å². The van der Waals surface area contributed by atoms with Gasteiger partial charge in [0, 0.05) is 33.3 Å². The Labute approximate surface area is 213 Å². The summed E-state index contributed by atoms with van der Waals surface area (Å²) in [6.07, 6.45) is 8.76. The van der Waals surface area contributed by atoms with Crippen LogP contribution in [0.3, 0.4) is 0 Å². The molecule has 1 aromatic carbocycles. The average Bonchev–Trinajstić information content (AvgIpc) is 3.47. The van der Waals surface area contributed by atoms with Crippen LogP contribution in [-0.4, -0.2) is 73.3 Å². The van der Waals surface area contributed by atoms with Crippen molar-refractivity contribution in [1.82, 2.24) is 14.1 Å². The SMILES string of the molecule is COC1CCC(Oc2c(N3CCN(S(=O)(=O)C4CCCC4)CC3)cnn(-c3ccccc3)c2=O)CC1. The number of piperazine rings is 1. The Hall–Kier alpha value is -2.43. The second kappa shape index (κ2) is 10.9. The summed E-state index contributed by atoms with van der Waals surface area (Å²) in [6.45, 7) is 1.79. The minimum Gasteiger partial charge on any atom is -0.483 e. The van der Waals surface area contributed by atoms with Crippen molar-refractivity contribution in [3.8, 4) is 11.4 Å². The van der Waals surface area contributed by atoms with E-state index in [1.165, 1.54) is 4.68 Å². The molecule has 0 amide bonds. The highest BCUT2D eigenvalue weighted by Gasteiger charge is 2.36. The molecule has 3 aliphatic rings. The Morgan fingerprint density at radius 1 is 0.889 bits per heavy atom. The van der Waals surface area contributed by atoms with Gasteiger partial charge < -0.3 is 14.4 Å². The topological polar surface area (TPSA) is 94.0 Å². The molecule has 2 aromatic rings. The molecule has 0 atom stereocenters. The van der Waals surface area contributed by atoms with Crippen molar-refractivity contribution in [2.24, 2.45) is 0 Å². The minimum absolute atomic E-state index is 0.0708. The Kier molecular flexibility index (Phi) is 7.64. The maximum atomic E-state index is 13.6. The van der Waals surface area contributed by atoms with Gasteiger partial charge in [-0.25, -0.2) is 8.42 Å². The predicted octanol–water partition coefficient (Wildman–Crippen LogP) is 2.96. The van der Waals surface area contributed by atoms with Crippen LogP contribution >= 0.6 is 0 Å². The molecule has 0 spiro atoms. The number of para-hydroxylation sites is 1. The first kappa shape index (κ1) is 25.2. The van der Waals surface area contributed by atoms with Crippen molar-refractivity contribution in [1.29, 1.82) is 0 Å². The molecule has 196 valence electrons. The maximum Gasteiger partial charge on any atom is 0.316 e. The van der Waals surface area contributed by atoms with E-state index < -0.39 is 10.0 Å². The van der Waals surface area contributed by atoms with Gasteiger partial charge in [-0.1, -0.05) is 31.0 Å². The van der Waals surface area contributed by atoms with Crippen molar-refractivity contribution >= 4 is 15.7 Å². The predicted molar refractivity (Wildman–Crippen MR) is 138 cm³/mol. The standard InChI is InChI=1S/C26H36N4O5S/c1-34-21-11-13-22(14-12-21)35-25-24(19-27-30(26(25)31)20-7-3-2-4-8-20)28-15-17-29(18-16-28)36(32,33)23-9-5-6-10-23/h2-4,7-8,19,21-23H,5-6,9-18H2,1H3. The monoisotopic (exact) mass is 516 g/mol. The molecule has 10 heteroatoms. The first-order valence-corrected chi connectivity index (χ1v) is 14.6. The Morgan fingerprint density at radius 2 is 1.53 bits per heavy atom. The smallest absolute Gasteiger partial charge is 0.316 e. The molecule has 5 rings (SSSR count). The number of methoxy groups -OCH3 is 1. The fourth-order valence-electron chi connectivity index (χ4n) is 5.65. The number of sulfonamides is 1. The molecule has 0 N–H and O–H groups in total. The van der Waals surface area contributed by atoms with Gasteiger partial charge in [-0.05, 0) is 50.7 Å². The summed E-state index contributed by atoms with van der Waals surface area (Å²) >= 11 is 0. The summed E-state index contributed by atoms with van der Waals surface area (Å²) in [5.74, 6) is 0.293. The van der Waals surface area contributed by atoms with E-state index in [9.17, 15) is 13.2 Å². The zero-order valence-electron chi connectivity index (χ0n) is 20.9. The van der Waals surface area contributed by atoms with Gasteiger partial charge in [0.2, 0.25) is 15.8 Å². The van der Waals surface area contributed by atoms with E-state index >= 15 is 0 Å². The van der Waals surface area contributed by atoms with Crippen LogP contribution in [0.15, 0.2) is 41.3 Å². The van der Waals surface area contributed by atoms with E-state index in [-0.39, 0.29) is 23.0 Å². The van der Waals surface area contributed by atoms with Crippen LogP contribution in [0.1, 0.15) is 51.4 Å². The zero-order chi connectivity index (χ0) is 25.1. The summed E-state index contributed by atoms with van der Waals surface area (Å²) in [4.78, 5) is 15.7. The third kappa shape index (κ3) is 5.17. The zero-order valence-corrected chi connectivity index (χ0v) is 21.7. The molecule has 0 radical (unpaired) electrons. The van der Waals surface area contributed by atoms with E-state index in [2.05, 4.69) is 5.10 Å². The number of hydrogen-bond acceptors (Lipinski definition) is 7. The van der Waals surface area contributed by atoms with Gasteiger partial charge in [-0.15, -0.1) is 0 Å². The van der Waals surface area contributed by atoms with E-state index in [1.54, 1.807) is 17.6 Å². The average molecular weight is 517 g/mol. The van der Waals surface area contributed by atoms with Gasteiger partial charge in [-0.3, -0.25) is 4.79 Å². The largest absolute Gasteiger partial charge is 0.483 e. The molecule has 1 aliphatic heterocycles. The van der Waals surface area contributed by atoms with E-state index in [0.717, 1.165) is 51.4 Å². The second-order valence-corrected chi connectivity index (χ2v) is 12.2. The highest BCUT2D eigenvalue weighted by Crippen LogP contribution is 2.32. The number of hydrogen-bond donors (Lipinski definition) is 0. The van der Waals surface area contributed by atoms with E-state index in [0.29, 0.717) is 43.3 Å². The molecule has 9 nitrogen and oxygen atoms in total. The van der Waals surface area contributed by atoms with Gasteiger partial charge in [-0.2, -0.15) is 14.1 Å². The lowest BCUT2D eigenvalue weighted by molar-refractivity contribution is 0.0323.